The van der Waals surface area contributed by atoms with Crippen LogP contribution in [0.2, 0.25) is 0 Å². The molecule has 0 aliphatic carbocycles. The summed E-state index contributed by atoms with van der Waals surface area (Å²) in [5, 5.41) is 12.0. The van der Waals surface area contributed by atoms with Crippen molar-refractivity contribution < 1.29 is 18.3 Å². The maximum atomic E-state index is 12.6. The van der Waals surface area contributed by atoms with Crippen molar-refractivity contribution in [2.45, 2.75) is 39.4 Å². The minimum Gasteiger partial charge on any atom is -0.396 e. The lowest BCUT2D eigenvalue weighted by atomic mass is 9.85. The molecule has 0 saturated heterocycles. The van der Waals surface area contributed by atoms with Crippen molar-refractivity contribution in [3.05, 3.63) is 23.9 Å². The molecule has 1 aromatic rings. The van der Waals surface area contributed by atoms with Gasteiger partial charge in [-0.15, -0.1) is 0 Å². The number of pyridine rings is 1. The van der Waals surface area contributed by atoms with Crippen molar-refractivity contribution in [2.24, 2.45) is 5.41 Å². The molecule has 0 aromatic carbocycles. The third-order valence-corrected chi connectivity index (χ3v) is 2.87. The van der Waals surface area contributed by atoms with E-state index in [4.69, 9.17) is 5.11 Å². The van der Waals surface area contributed by atoms with Gasteiger partial charge in [0.15, 0.2) is 0 Å². The molecule has 108 valence electrons. The average molecular weight is 276 g/mol. The normalized spacial score (nSPS) is 14.3. The first-order valence-electron chi connectivity index (χ1n) is 6.05. The second-order valence-corrected chi connectivity index (χ2v) is 5.50. The van der Waals surface area contributed by atoms with E-state index in [-0.39, 0.29) is 23.9 Å². The van der Waals surface area contributed by atoms with Gasteiger partial charge in [0.05, 0.1) is 5.56 Å². The van der Waals surface area contributed by atoms with E-state index in [0.717, 1.165) is 18.3 Å². The van der Waals surface area contributed by atoms with Crippen molar-refractivity contribution >= 4 is 5.82 Å². The maximum absolute atomic E-state index is 12.6. The summed E-state index contributed by atoms with van der Waals surface area (Å²) in [5.74, 6) is 0.170. The molecule has 19 heavy (non-hydrogen) atoms. The number of nitrogens with one attached hydrogen (secondary N) is 1. The van der Waals surface area contributed by atoms with Crippen LogP contribution < -0.4 is 5.32 Å². The van der Waals surface area contributed by atoms with Gasteiger partial charge in [-0.25, -0.2) is 4.98 Å². The molecule has 0 saturated carbocycles. The Morgan fingerprint density at radius 2 is 1.95 bits per heavy atom. The lowest BCUT2D eigenvalue weighted by Gasteiger charge is -2.31. The number of anilines is 1. The fourth-order valence-electron chi connectivity index (χ4n) is 1.72. The van der Waals surface area contributed by atoms with Gasteiger partial charge in [-0.3, -0.25) is 0 Å². The predicted molar refractivity (Wildman–Crippen MR) is 67.8 cm³/mol. The van der Waals surface area contributed by atoms with Crippen LogP contribution in [0, 0.1) is 5.41 Å². The number of aliphatic hydroxyl groups excluding tert-OH is 1. The summed E-state index contributed by atoms with van der Waals surface area (Å²) in [6.07, 6.45) is -2.81. The summed E-state index contributed by atoms with van der Waals surface area (Å²) < 4.78 is 37.8. The van der Waals surface area contributed by atoms with Crippen LogP contribution in [-0.4, -0.2) is 22.7 Å². The molecule has 0 aliphatic heterocycles. The van der Waals surface area contributed by atoms with Gasteiger partial charge in [0.1, 0.15) is 5.82 Å². The van der Waals surface area contributed by atoms with E-state index in [1.165, 1.54) is 0 Å². The van der Waals surface area contributed by atoms with Gasteiger partial charge in [0.2, 0.25) is 0 Å². The van der Waals surface area contributed by atoms with Crippen LogP contribution in [0.3, 0.4) is 0 Å². The lowest BCUT2D eigenvalue weighted by molar-refractivity contribution is -0.137. The van der Waals surface area contributed by atoms with Crippen molar-refractivity contribution in [3.63, 3.8) is 0 Å². The minimum absolute atomic E-state index is 0.0338. The largest absolute Gasteiger partial charge is 0.416 e. The molecule has 0 amide bonds. The van der Waals surface area contributed by atoms with Crippen molar-refractivity contribution in [2.75, 3.05) is 11.9 Å². The lowest BCUT2D eigenvalue weighted by Crippen LogP contribution is -2.35. The fourth-order valence-corrected chi connectivity index (χ4v) is 1.72. The SMILES string of the molecule is CC(C)(C)C(CCO)Nc1cc(C(F)(F)F)ccn1. The molecule has 3 nitrogen and oxygen atoms in total. The Morgan fingerprint density at radius 3 is 2.42 bits per heavy atom. The van der Waals surface area contributed by atoms with Gasteiger partial charge in [-0.05, 0) is 24.0 Å². The number of rotatable bonds is 4. The molecule has 0 radical (unpaired) electrons. The number of aromatic nitrogens is 1. The number of hydrogen-bond acceptors (Lipinski definition) is 3. The van der Waals surface area contributed by atoms with Crippen molar-refractivity contribution in [1.82, 2.24) is 4.98 Å². The highest BCUT2D eigenvalue weighted by molar-refractivity contribution is 5.40. The highest BCUT2D eigenvalue weighted by Gasteiger charge is 2.31. The molecule has 0 spiro atoms. The number of aliphatic hydroxyl groups is 1. The predicted octanol–water partition coefficient (Wildman–Crippen LogP) is 3.31. The second-order valence-electron chi connectivity index (χ2n) is 5.50. The molecule has 1 unspecified atom stereocenters. The number of alkyl halides is 3. The standard InChI is InChI=1S/C13H19F3N2O/c1-12(2,3)10(5-7-19)18-11-8-9(4-6-17-11)13(14,15)16/h4,6,8,10,19H,5,7H2,1-3H3,(H,17,18). The third kappa shape index (κ3) is 4.70. The second kappa shape index (κ2) is 5.77. The Labute approximate surface area is 110 Å². The Morgan fingerprint density at radius 1 is 1.32 bits per heavy atom. The van der Waals surface area contributed by atoms with Gasteiger partial charge < -0.3 is 10.4 Å². The minimum atomic E-state index is -4.38. The van der Waals surface area contributed by atoms with Crippen LogP contribution in [0.1, 0.15) is 32.8 Å². The summed E-state index contributed by atoms with van der Waals surface area (Å²) in [6, 6.07) is 1.76. The first-order valence-corrected chi connectivity index (χ1v) is 6.05. The van der Waals surface area contributed by atoms with Crippen LogP contribution in [0.15, 0.2) is 18.3 Å². The van der Waals surface area contributed by atoms with Gasteiger partial charge in [0.25, 0.3) is 0 Å². The van der Waals surface area contributed by atoms with Crippen LogP contribution in [0.4, 0.5) is 19.0 Å². The molecule has 0 aliphatic rings. The zero-order valence-corrected chi connectivity index (χ0v) is 11.3. The molecule has 1 rings (SSSR count). The van der Waals surface area contributed by atoms with Crippen LogP contribution in [0.5, 0.6) is 0 Å². The highest BCUT2D eigenvalue weighted by atomic mass is 19.4. The summed E-state index contributed by atoms with van der Waals surface area (Å²) in [5.41, 5.74) is -0.930. The van der Waals surface area contributed by atoms with Crippen LogP contribution in [0.25, 0.3) is 0 Å². The third-order valence-electron chi connectivity index (χ3n) is 2.87. The smallest absolute Gasteiger partial charge is 0.396 e. The van der Waals surface area contributed by atoms with Gasteiger partial charge >= 0.3 is 6.18 Å². The van der Waals surface area contributed by atoms with Gasteiger partial charge in [-0.1, -0.05) is 20.8 Å². The quantitative estimate of drug-likeness (QED) is 0.886. The number of hydrogen-bond donors (Lipinski definition) is 2. The molecule has 1 aromatic heterocycles. The molecule has 1 atom stereocenters. The Kier molecular flexibility index (Phi) is 4.79. The van der Waals surface area contributed by atoms with Gasteiger partial charge in [-0.2, -0.15) is 13.2 Å². The molecular formula is C13H19F3N2O. The molecule has 0 fully saturated rings. The first-order chi connectivity index (χ1) is 8.64. The monoisotopic (exact) mass is 276 g/mol. The highest BCUT2D eigenvalue weighted by Crippen LogP contribution is 2.31. The summed E-state index contributed by atoms with van der Waals surface area (Å²) in [7, 11) is 0. The summed E-state index contributed by atoms with van der Waals surface area (Å²) in [6.45, 7) is 5.82. The average Bonchev–Trinajstić information content (AvgIpc) is 2.26. The van der Waals surface area contributed by atoms with Crippen LogP contribution >= 0.6 is 0 Å². The number of halogens is 3. The van der Waals surface area contributed by atoms with E-state index in [2.05, 4.69) is 10.3 Å². The van der Waals surface area contributed by atoms with E-state index in [1.807, 2.05) is 20.8 Å². The summed E-state index contributed by atoms with van der Waals surface area (Å²) >= 11 is 0. The van der Waals surface area contributed by atoms with E-state index in [1.54, 1.807) is 0 Å². The van der Waals surface area contributed by atoms with E-state index in [0.29, 0.717) is 6.42 Å². The van der Waals surface area contributed by atoms with E-state index < -0.39 is 11.7 Å². The molecule has 1 heterocycles. The zero-order chi connectivity index (χ0) is 14.7. The van der Waals surface area contributed by atoms with E-state index in [9.17, 15) is 13.2 Å². The van der Waals surface area contributed by atoms with Gasteiger partial charge in [0, 0.05) is 18.8 Å². The molecule has 0 bridgehead atoms. The van der Waals surface area contributed by atoms with Crippen LogP contribution in [-0.2, 0) is 6.18 Å². The van der Waals surface area contributed by atoms with Crippen molar-refractivity contribution in [3.8, 4) is 0 Å². The van der Waals surface area contributed by atoms with E-state index >= 15 is 0 Å². The molecular weight excluding hydrogens is 257 g/mol. The maximum Gasteiger partial charge on any atom is 0.416 e. The number of nitrogens with zero attached hydrogens (tertiary/aromatic N) is 1. The topological polar surface area (TPSA) is 45.1 Å². The zero-order valence-electron chi connectivity index (χ0n) is 11.3. The fraction of sp³-hybridized carbons (Fsp3) is 0.615. The first kappa shape index (κ1) is 15.8. The Hall–Kier alpha value is -1.30. The molecule has 6 heteroatoms. The van der Waals surface area contributed by atoms with Crippen molar-refractivity contribution in [1.29, 1.82) is 0 Å². The Balaban J connectivity index is 2.91. The summed E-state index contributed by atoms with van der Waals surface area (Å²) in [4.78, 5) is 3.90. The molecule has 2 N–H and O–H groups in total. The Bertz CT molecular complexity index is 413.